The minimum atomic E-state index is -0.329. The molecule has 84 valence electrons. The van der Waals surface area contributed by atoms with E-state index in [9.17, 15) is 0 Å². The third-order valence-corrected chi connectivity index (χ3v) is 2.94. The topological polar surface area (TPSA) is 52.0 Å². The molecule has 0 amide bonds. The zero-order valence-corrected chi connectivity index (χ0v) is 9.61. The molecule has 2 heteroatoms. The lowest BCUT2D eigenvalue weighted by Crippen LogP contribution is -2.45. The van der Waals surface area contributed by atoms with Crippen LogP contribution < -0.4 is 11.5 Å². The van der Waals surface area contributed by atoms with Gasteiger partial charge in [0, 0.05) is 12.1 Å². The molecule has 0 spiro atoms. The number of hydrogen-bond donors (Lipinski definition) is 2. The van der Waals surface area contributed by atoms with E-state index in [1.54, 1.807) is 0 Å². The van der Waals surface area contributed by atoms with Crippen molar-refractivity contribution in [3.05, 3.63) is 48.0 Å². The summed E-state index contributed by atoms with van der Waals surface area (Å²) < 4.78 is 0. The Bertz CT molecular complexity index is 484. The summed E-state index contributed by atoms with van der Waals surface area (Å²) in [5.74, 6) is 0. The number of hydrogen-bond acceptors (Lipinski definition) is 2. The van der Waals surface area contributed by atoms with Crippen LogP contribution in [0.5, 0.6) is 0 Å². The van der Waals surface area contributed by atoms with Crippen molar-refractivity contribution in [2.75, 3.05) is 6.54 Å². The van der Waals surface area contributed by atoms with Gasteiger partial charge in [-0.15, -0.1) is 0 Å². The Morgan fingerprint density at radius 1 is 1.06 bits per heavy atom. The van der Waals surface area contributed by atoms with Gasteiger partial charge in [-0.1, -0.05) is 42.5 Å². The summed E-state index contributed by atoms with van der Waals surface area (Å²) in [6.45, 7) is 2.49. The summed E-state index contributed by atoms with van der Waals surface area (Å²) in [6.07, 6.45) is 0.810. The maximum Gasteiger partial charge on any atom is 0.0291 e. The standard InChI is InChI=1S/C14H18N2/c1-14(16,10-15)9-12-7-4-6-11-5-2-3-8-13(11)12/h2-8H,9-10,15-16H2,1H3. The summed E-state index contributed by atoms with van der Waals surface area (Å²) in [5, 5.41) is 2.53. The molecule has 4 N–H and O–H groups in total. The Kier molecular flexibility index (Phi) is 2.95. The van der Waals surface area contributed by atoms with Gasteiger partial charge in [0.2, 0.25) is 0 Å². The molecular formula is C14H18N2. The van der Waals surface area contributed by atoms with Crippen LogP contribution in [-0.2, 0) is 6.42 Å². The second-order valence-electron chi connectivity index (χ2n) is 4.67. The van der Waals surface area contributed by atoms with E-state index >= 15 is 0 Å². The normalized spacial score (nSPS) is 14.9. The molecule has 0 bridgehead atoms. The van der Waals surface area contributed by atoms with Crippen molar-refractivity contribution in [1.29, 1.82) is 0 Å². The molecule has 0 aliphatic heterocycles. The average molecular weight is 214 g/mol. The quantitative estimate of drug-likeness (QED) is 0.821. The molecule has 0 aliphatic carbocycles. The molecule has 0 heterocycles. The van der Waals surface area contributed by atoms with Gasteiger partial charge in [-0.2, -0.15) is 0 Å². The predicted molar refractivity (Wildman–Crippen MR) is 69.3 cm³/mol. The Hall–Kier alpha value is -1.38. The van der Waals surface area contributed by atoms with Crippen molar-refractivity contribution in [2.24, 2.45) is 11.5 Å². The van der Waals surface area contributed by atoms with E-state index in [4.69, 9.17) is 11.5 Å². The molecule has 0 aromatic heterocycles. The van der Waals surface area contributed by atoms with Crippen LogP contribution in [0.15, 0.2) is 42.5 Å². The largest absolute Gasteiger partial charge is 0.329 e. The first-order valence-corrected chi connectivity index (χ1v) is 5.58. The maximum atomic E-state index is 6.11. The van der Waals surface area contributed by atoms with E-state index in [0.717, 1.165) is 6.42 Å². The Balaban J connectivity index is 2.45. The third-order valence-electron chi connectivity index (χ3n) is 2.94. The van der Waals surface area contributed by atoms with E-state index < -0.39 is 0 Å². The smallest absolute Gasteiger partial charge is 0.0291 e. The van der Waals surface area contributed by atoms with Crippen LogP contribution in [0.4, 0.5) is 0 Å². The minimum Gasteiger partial charge on any atom is -0.329 e. The molecule has 0 fully saturated rings. The Morgan fingerprint density at radius 2 is 1.75 bits per heavy atom. The Labute approximate surface area is 96.3 Å². The van der Waals surface area contributed by atoms with E-state index in [1.165, 1.54) is 16.3 Å². The van der Waals surface area contributed by atoms with Gasteiger partial charge in [0.15, 0.2) is 0 Å². The first-order valence-electron chi connectivity index (χ1n) is 5.58. The van der Waals surface area contributed by atoms with Crippen LogP contribution >= 0.6 is 0 Å². The fraction of sp³-hybridized carbons (Fsp3) is 0.286. The molecule has 0 radical (unpaired) electrons. The van der Waals surface area contributed by atoms with Gasteiger partial charge in [-0.3, -0.25) is 0 Å². The summed E-state index contributed by atoms with van der Waals surface area (Å²) in [7, 11) is 0. The van der Waals surface area contributed by atoms with Crippen molar-refractivity contribution in [3.8, 4) is 0 Å². The van der Waals surface area contributed by atoms with Crippen LogP contribution in [0, 0.1) is 0 Å². The van der Waals surface area contributed by atoms with Crippen LogP contribution in [-0.4, -0.2) is 12.1 Å². The second kappa shape index (κ2) is 4.24. The van der Waals surface area contributed by atoms with Crippen LogP contribution in [0.2, 0.25) is 0 Å². The molecule has 2 aromatic carbocycles. The maximum absolute atomic E-state index is 6.11. The summed E-state index contributed by atoms with van der Waals surface area (Å²) >= 11 is 0. The Morgan fingerprint density at radius 3 is 2.50 bits per heavy atom. The summed E-state index contributed by atoms with van der Waals surface area (Å²) in [4.78, 5) is 0. The molecule has 1 atom stereocenters. The highest BCUT2D eigenvalue weighted by molar-refractivity contribution is 5.85. The van der Waals surface area contributed by atoms with Crippen LogP contribution in [0.25, 0.3) is 10.8 Å². The molecule has 2 rings (SSSR count). The van der Waals surface area contributed by atoms with Gasteiger partial charge in [0.1, 0.15) is 0 Å². The molecule has 0 saturated heterocycles. The highest BCUT2D eigenvalue weighted by Gasteiger charge is 2.17. The summed E-state index contributed by atoms with van der Waals surface area (Å²) in [5.41, 5.74) is 12.7. The fourth-order valence-corrected chi connectivity index (χ4v) is 1.95. The zero-order chi connectivity index (χ0) is 11.6. The SMILES string of the molecule is CC(N)(CN)Cc1cccc2ccccc12. The molecule has 1 unspecified atom stereocenters. The molecular weight excluding hydrogens is 196 g/mol. The first kappa shape index (κ1) is 11.1. The van der Waals surface area contributed by atoms with E-state index in [-0.39, 0.29) is 5.54 Å². The van der Waals surface area contributed by atoms with Gasteiger partial charge in [0.05, 0.1) is 0 Å². The third kappa shape index (κ3) is 2.23. The van der Waals surface area contributed by atoms with Crippen molar-refractivity contribution in [2.45, 2.75) is 18.9 Å². The van der Waals surface area contributed by atoms with Crippen LogP contribution in [0.3, 0.4) is 0 Å². The molecule has 2 aromatic rings. The van der Waals surface area contributed by atoms with Gasteiger partial charge in [-0.05, 0) is 29.7 Å². The van der Waals surface area contributed by atoms with E-state index in [2.05, 4.69) is 42.5 Å². The molecule has 2 nitrogen and oxygen atoms in total. The zero-order valence-electron chi connectivity index (χ0n) is 9.61. The summed E-state index contributed by atoms with van der Waals surface area (Å²) in [6, 6.07) is 14.7. The second-order valence-corrected chi connectivity index (χ2v) is 4.67. The lowest BCUT2D eigenvalue weighted by atomic mass is 9.91. The highest BCUT2D eigenvalue weighted by Crippen LogP contribution is 2.21. The molecule has 0 saturated carbocycles. The molecule has 0 aliphatic rings. The van der Waals surface area contributed by atoms with Gasteiger partial charge in [-0.25, -0.2) is 0 Å². The lowest BCUT2D eigenvalue weighted by Gasteiger charge is -2.23. The predicted octanol–water partition coefficient (Wildman–Crippen LogP) is 2.06. The number of rotatable bonds is 3. The monoisotopic (exact) mass is 214 g/mol. The van der Waals surface area contributed by atoms with Crippen molar-refractivity contribution in [3.63, 3.8) is 0 Å². The molecule has 16 heavy (non-hydrogen) atoms. The van der Waals surface area contributed by atoms with E-state index in [1.807, 2.05) is 6.92 Å². The van der Waals surface area contributed by atoms with Crippen molar-refractivity contribution in [1.82, 2.24) is 0 Å². The van der Waals surface area contributed by atoms with Gasteiger partial charge < -0.3 is 11.5 Å². The van der Waals surface area contributed by atoms with Crippen LogP contribution in [0.1, 0.15) is 12.5 Å². The highest BCUT2D eigenvalue weighted by atomic mass is 14.8. The minimum absolute atomic E-state index is 0.329. The average Bonchev–Trinajstić information content (AvgIpc) is 2.29. The van der Waals surface area contributed by atoms with Gasteiger partial charge in [0.25, 0.3) is 0 Å². The van der Waals surface area contributed by atoms with E-state index in [0.29, 0.717) is 6.54 Å². The van der Waals surface area contributed by atoms with Gasteiger partial charge >= 0.3 is 0 Å². The van der Waals surface area contributed by atoms with Crippen molar-refractivity contribution < 1.29 is 0 Å². The fourth-order valence-electron chi connectivity index (χ4n) is 1.95. The number of nitrogens with two attached hydrogens (primary N) is 2. The number of benzene rings is 2. The van der Waals surface area contributed by atoms with Crippen molar-refractivity contribution >= 4 is 10.8 Å². The lowest BCUT2D eigenvalue weighted by molar-refractivity contribution is 0.479. The number of fused-ring (bicyclic) bond motifs is 1. The first-order chi connectivity index (χ1) is 7.62.